The van der Waals surface area contributed by atoms with Gasteiger partial charge in [-0.15, -0.1) is 0 Å². The molecule has 3 heteroatoms. The Hall–Kier alpha value is -6.32. The van der Waals surface area contributed by atoms with Crippen molar-refractivity contribution in [3.05, 3.63) is 164 Å². The van der Waals surface area contributed by atoms with Crippen LogP contribution < -0.4 is 4.90 Å². The fraction of sp³-hybridized carbons (Fsp3) is 0. The van der Waals surface area contributed by atoms with E-state index in [4.69, 9.17) is 9.97 Å². The van der Waals surface area contributed by atoms with Crippen LogP contribution in [0.1, 0.15) is 0 Å². The van der Waals surface area contributed by atoms with E-state index in [9.17, 15) is 0 Å². The molecular weight excluding hydrogens is 571 g/mol. The van der Waals surface area contributed by atoms with E-state index in [1.807, 2.05) is 24.3 Å². The Bertz CT molecular complexity index is 2700. The van der Waals surface area contributed by atoms with E-state index in [-0.39, 0.29) is 0 Å². The molecule has 0 bridgehead atoms. The highest BCUT2D eigenvalue weighted by molar-refractivity contribution is 6.14. The summed E-state index contributed by atoms with van der Waals surface area (Å²) >= 11 is 0. The maximum absolute atomic E-state index is 5.26. The van der Waals surface area contributed by atoms with Crippen LogP contribution >= 0.6 is 0 Å². The topological polar surface area (TPSA) is 29.0 Å². The molecule has 10 rings (SSSR count). The molecule has 3 nitrogen and oxygen atoms in total. The third-order valence-electron chi connectivity index (χ3n) is 9.53. The summed E-state index contributed by atoms with van der Waals surface area (Å²) in [6, 6.07) is 58.5. The van der Waals surface area contributed by atoms with Crippen LogP contribution in [-0.4, -0.2) is 9.97 Å². The van der Waals surface area contributed by atoms with Crippen LogP contribution in [-0.2, 0) is 0 Å². The molecule has 0 atom stereocenters. The summed E-state index contributed by atoms with van der Waals surface area (Å²) in [5.74, 6) is 0. The van der Waals surface area contributed by atoms with Crippen molar-refractivity contribution in [1.29, 1.82) is 0 Å². The molecule has 1 aromatic heterocycles. The molecule has 1 aliphatic rings. The summed E-state index contributed by atoms with van der Waals surface area (Å²) in [6.45, 7) is 0. The van der Waals surface area contributed by atoms with E-state index in [0.29, 0.717) is 0 Å². The van der Waals surface area contributed by atoms with Gasteiger partial charge < -0.3 is 4.90 Å². The average molecular weight is 598 g/mol. The lowest BCUT2D eigenvalue weighted by Gasteiger charge is -2.33. The first-order valence-electron chi connectivity index (χ1n) is 16.0. The van der Waals surface area contributed by atoms with Gasteiger partial charge in [-0.3, -0.25) is 0 Å². The maximum atomic E-state index is 5.26. The Labute approximate surface area is 272 Å². The van der Waals surface area contributed by atoms with Crippen molar-refractivity contribution in [2.45, 2.75) is 0 Å². The normalized spacial score (nSPS) is 12.2. The van der Waals surface area contributed by atoms with Crippen molar-refractivity contribution in [3.8, 4) is 33.6 Å². The summed E-state index contributed by atoms with van der Waals surface area (Å²) in [5.41, 5.74) is 11.7. The molecule has 0 saturated carbocycles. The van der Waals surface area contributed by atoms with E-state index >= 15 is 0 Å². The first-order chi connectivity index (χ1) is 23.3. The predicted molar refractivity (Wildman–Crippen MR) is 197 cm³/mol. The Morgan fingerprint density at radius 3 is 1.91 bits per heavy atom. The molecule has 1 aliphatic heterocycles. The van der Waals surface area contributed by atoms with Gasteiger partial charge in [0.25, 0.3) is 0 Å². The summed E-state index contributed by atoms with van der Waals surface area (Å²) < 4.78 is 0. The van der Waals surface area contributed by atoms with Gasteiger partial charge >= 0.3 is 0 Å². The highest BCUT2D eigenvalue weighted by Crippen LogP contribution is 2.51. The quantitative estimate of drug-likeness (QED) is 0.203. The molecule has 2 heterocycles. The molecule has 47 heavy (non-hydrogen) atoms. The lowest BCUT2D eigenvalue weighted by molar-refractivity contribution is 1.29. The van der Waals surface area contributed by atoms with Crippen LogP contribution in [0.5, 0.6) is 0 Å². The zero-order valence-corrected chi connectivity index (χ0v) is 25.4. The highest BCUT2D eigenvalue weighted by atomic mass is 15.2. The Morgan fingerprint density at radius 2 is 1.02 bits per heavy atom. The lowest BCUT2D eigenvalue weighted by Crippen LogP contribution is -2.14. The summed E-state index contributed by atoms with van der Waals surface area (Å²) in [5, 5.41) is 7.23. The molecule has 0 unspecified atom stereocenters. The number of aromatic nitrogens is 2. The maximum Gasteiger partial charge on any atom is 0.0979 e. The number of rotatable bonds is 3. The second-order valence-electron chi connectivity index (χ2n) is 12.2. The molecule has 0 fully saturated rings. The lowest BCUT2D eigenvalue weighted by atomic mass is 9.90. The van der Waals surface area contributed by atoms with Crippen LogP contribution in [0.4, 0.5) is 17.1 Å². The molecule has 0 N–H and O–H groups in total. The summed E-state index contributed by atoms with van der Waals surface area (Å²) in [6.07, 6.45) is 0. The van der Waals surface area contributed by atoms with Gasteiger partial charge in [0, 0.05) is 27.8 Å². The molecule has 0 radical (unpaired) electrons. The average Bonchev–Trinajstić information content (AvgIpc) is 3.14. The van der Waals surface area contributed by atoms with Crippen molar-refractivity contribution in [2.75, 3.05) is 4.90 Å². The molecule has 9 aromatic rings. The van der Waals surface area contributed by atoms with Crippen molar-refractivity contribution < 1.29 is 0 Å². The smallest absolute Gasteiger partial charge is 0.0979 e. The monoisotopic (exact) mass is 597 g/mol. The first-order valence-corrected chi connectivity index (χ1v) is 16.0. The van der Waals surface area contributed by atoms with Crippen LogP contribution in [0.25, 0.3) is 77.0 Å². The minimum Gasteiger partial charge on any atom is -0.309 e. The second kappa shape index (κ2) is 10.1. The largest absolute Gasteiger partial charge is 0.309 e. The molecule has 0 saturated heterocycles. The van der Waals surface area contributed by atoms with Gasteiger partial charge in [0.05, 0.1) is 33.8 Å². The van der Waals surface area contributed by atoms with Gasteiger partial charge in [-0.1, -0.05) is 121 Å². The van der Waals surface area contributed by atoms with Gasteiger partial charge in [-0.25, -0.2) is 9.97 Å². The van der Waals surface area contributed by atoms with Crippen molar-refractivity contribution in [2.24, 2.45) is 0 Å². The molecule has 0 amide bonds. The summed E-state index contributed by atoms with van der Waals surface area (Å²) in [7, 11) is 0. The van der Waals surface area contributed by atoms with Crippen LogP contribution in [0.15, 0.2) is 164 Å². The SMILES string of the molecule is c1ccc2c(c1)-c1cccc3cccc(c13)N2c1ccc2ccc(-c3nc4ccccc4nc3-c3cccc4ccccc34)cc2c1. The Morgan fingerprint density at radius 1 is 0.383 bits per heavy atom. The number of benzene rings is 8. The first kappa shape index (κ1) is 26.0. The molecule has 8 aromatic carbocycles. The fourth-order valence-electron chi connectivity index (χ4n) is 7.38. The van der Waals surface area contributed by atoms with Crippen molar-refractivity contribution >= 4 is 60.4 Å². The molecule has 218 valence electrons. The van der Waals surface area contributed by atoms with Gasteiger partial charge in [0.2, 0.25) is 0 Å². The third kappa shape index (κ3) is 4.00. The predicted octanol–water partition coefficient (Wildman–Crippen LogP) is 11.9. The van der Waals surface area contributed by atoms with E-state index < -0.39 is 0 Å². The van der Waals surface area contributed by atoms with Gasteiger partial charge in [0.15, 0.2) is 0 Å². The number of para-hydroxylation sites is 3. The van der Waals surface area contributed by atoms with Crippen LogP contribution in [0.2, 0.25) is 0 Å². The third-order valence-corrected chi connectivity index (χ3v) is 9.53. The number of fused-ring (bicyclic) bond motifs is 5. The fourth-order valence-corrected chi connectivity index (χ4v) is 7.38. The van der Waals surface area contributed by atoms with Gasteiger partial charge in [0.1, 0.15) is 0 Å². The minimum absolute atomic E-state index is 0.884. The van der Waals surface area contributed by atoms with Gasteiger partial charge in [-0.05, 0) is 75.0 Å². The van der Waals surface area contributed by atoms with Gasteiger partial charge in [-0.2, -0.15) is 0 Å². The summed E-state index contributed by atoms with van der Waals surface area (Å²) in [4.78, 5) is 12.9. The highest BCUT2D eigenvalue weighted by Gasteiger charge is 2.25. The second-order valence-corrected chi connectivity index (χ2v) is 12.2. The molecule has 0 spiro atoms. The minimum atomic E-state index is 0.884. The molecule has 0 aliphatic carbocycles. The zero-order chi connectivity index (χ0) is 30.9. The van der Waals surface area contributed by atoms with Crippen LogP contribution in [0.3, 0.4) is 0 Å². The van der Waals surface area contributed by atoms with Crippen molar-refractivity contribution in [1.82, 2.24) is 9.97 Å². The number of hydrogen-bond donors (Lipinski definition) is 0. The van der Waals surface area contributed by atoms with E-state index in [2.05, 4.69) is 144 Å². The number of anilines is 3. The standard InChI is InChI=1S/C44H27N3/c1-2-14-34-29(10-1)11-7-17-37(34)44-43(45-38-18-4-5-19-39(38)46-44)31-23-22-28-24-25-33(27-32(28)26-31)47-40-20-6-3-15-35(40)36-16-8-12-30-13-9-21-41(47)42(30)36/h1-27H. The van der Waals surface area contributed by atoms with Crippen LogP contribution in [0, 0.1) is 0 Å². The van der Waals surface area contributed by atoms with E-state index in [1.54, 1.807) is 0 Å². The Kier molecular flexibility index (Phi) is 5.57. The number of hydrogen-bond acceptors (Lipinski definition) is 3. The molecular formula is C44H27N3. The zero-order valence-electron chi connectivity index (χ0n) is 25.4. The van der Waals surface area contributed by atoms with E-state index in [1.165, 1.54) is 49.4 Å². The Balaban J connectivity index is 1.19. The van der Waals surface area contributed by atoms with Crippen molar-refractivity contribution in [3.63, 3.8) is 0 Å². The number of nitrogens with zero attached hydrogens (tertiary/aromatic N) is 3. The van der Waals surface area contributed by atoms with E-state index in [0.717, 1.165) is 44.6 Å².